The number of hydrogen-bond acceptors (Lipinski definition) is 4. The highest BCUT2D eigenvalue weighted by Gasteiger charge is 2.26. The van der Waals surface area contributed by atoms with Gasteiger partial charge in [-0.15, -0.1) is 10.2 Å². The van der Waals surface area contributed by atoms with Crippen LogP contribution in [-0.2, 0) is 19.4 Å². The Balaban J connectivity index is 1.36. The number of hydrogen-bond donors (Lipinski definition) is 1. The maximum Gasteiger partial charge on any atom is 0.317 e. The van der Waals surface area contributed by atoms with Crippen LogP contribution < -0.4 is 5.32 Å². The summed E-state index contributed by atoms with van der Waals surface area (Å²) in [7, 11) is 0. The number of urea groups is 1. The van der Waals surface area contributed by atoms with E-state index >= 15 is 0 Å². The van der Waals surface area contributed by atoms with E-state index in [9.17, 15) is 4.79 Å². The first-order valence-electron chi connectivity index (χ1n) is 10.6. The Kier molecular flexibility index (Phi) is 5.88. The number of nitrogens with one attached hydrogen (secondary N) is 1. The standard InChI is InChI=1S/C21H30N6O/c1-16(18-7-3-2-4-8-18)23-21(28)26-11-9-19-24-25-20(27(19)13-12-26)14-17-6-5-10-22-15-17/h5-6,10,15-16,18H,2-4,7-9,11-14H2,1H3,(H,23,28)/t16-/m1/s1. The minimum absolute atomic E-state index is 0.0607. The molecular formula is C21H30N6O. The Morgan fingerprint density at radius 1 is 1.21 bits per heavy atom. The van der Waals surface area contributed by atoms with Crippen LogP contribution >= 0.6 is 0 Å². The van der Waals surface area contributed by atoms with E-state index < -0.39 is 0 Å². The number of nitrogens with zero attached hydrogens (tertiary/aromatic N) is 5. The molecule has 0 saturated heterocycles. The normalized spacial score (nSPS) is 19.0. The van der Waals surface area contributed by atoms with Gasteiger partial charge in [-0.2, -0.15) is 0 Å². The largest absolute Gasteiger partial charge is 0.335 e. The zero-order chi connectivity index (χ0) is 19.3. The minimum Gasteiger partial charge on any atom is -0.335 e. The van der Waals surface area contributed by atoms with Crippen molar-refractivity contribution in [1.82, 2.24) is 30.0 Å². The van der Waals surface area contributed by atoms with Crippen molar-refractivity contribution in [2.75, 3.05) is 13.1 Å². The molecule has 1 aliphatic carbocycles. The van der Waals surface area contributed by atoms with E-state index in [1.807, 2.05) is 17.2 Å². The van der Waals surface area contributed by atoms with Gasteiger partial charge in [0.05, 0.1) is 0 Å². The van der Waals surface area contributed by atoms with Gasteiger partial charge >= 0.3 is 6.03 Å². The fourth-order valence-electron chi connectivity index (χ4n) is 4.44. The van der Waals surface area contributed by atoms with Gasteiger partial charge in [0.25, 0.3) is 0 Å². The molecule has 1 aliphatic heterocycles. The molecule has 2 aromatic rings. The van der Waals surface area contributed by atoms with Gasteiger partial charge < -0.3 is 14.8 Å². The summed E-state index contributed by atoms with van der Waals surface area (Å²) >= 11 is 0. The quantitative estimate of drug-likeness (QED) is 0.882. The zero-order valence-corrected chi connectivity index (χ0v) is 16.7. The highest BCUT2D eigenvalue weighted by Crippen LogP contribution is 2.26. The number of rotatable bonds is 4. The van der Waals surface area contributed by atoms with Crippen LogP contribution in [0, 0.1) is 5.92 Å². The lowest BCUT2D eigenvalue weighted by Gasteiger charge is -2.30. The first-order valence-corrected chi connectivity index (χ1v) is 10.6. The average Bonchev–Trinajstić information content (AvgIpc) is 2.97. The predicted octanol–water partition coefficient (Wildman–Crippen LogP) is 2.80. The Morgan fingerprint density at radius 3 is 2.86 bits per heavy atom. The number of carbonyl (C=O) groups excluding carboxylic acids is 1. The van der Waals surface area contributed by atoms with E-state index in [1.54, 1.807) is 6.20 Å². The molecule has 2 aliphatic rings. The summed E-state index contributed by atoms with van der Waals surface area (Å²) < 4.78 is 2.17. The van der Waals surface area contributed by atoms with Crippen LogP contribution in [0.5, 0.6) is 0 Å². The lowest BCUT2D eigenvalue weighted by molar-refractivity contribution is 0.186. The lowest BCUT2D eigenvalue weighted by Crippen LogP contribution is -2.47. The second-order valence-corrected chi connectivity index (χ2v) is 8.10. The van der Waals surface area contributed by atoms with Gasteiger partial charge in [0.2, 0.25) is 0 Å². The van der Waals surface area contributed by atoms with Crippen LogP contribution in [0.15, 0.2) is 24.5 Å². The van der Waals surface area contributed by atoms with Crippen LogP contribution in [0.2, 0.25) is 0 Å². The molecule has 2 amide bonds. The number of aromatic nitrogens is 4. The van der Waals surface area contributed by atoms with Crippen LogP contribution in [0.3, 0.4) is 0 Å². The average molecular weight is 383 g/mol. The van der Waals surface area contributed by atoms with Crippen molar-refractivity contribution in [2.45, 2.75) is 64.5 Å². The minimum atomic E-state index is 0.0607. The van der Waals surface area contributed by atoms with Crippen molar-refractivity contribution in [1.29, 1.82) is 0 Å². The third-order valence-corrected chi connectivity index (χ3v) is 6.18. The van der Waals surface area contributed by atoms with E-state index in [2.05, 4.69) is 38.1 Å². The molecular weight excluding hydrogens is 352 g/mol. The first-order chi connectivity index (χ1) is 13.7. The second kappa shape index (κ2) is 8.71. The maximum atomic E-state index is 12.8. The van der Waals surface area contributed by atoms with Crippen molar-refractivity contribution >= 4 is 6.03 Å². The van der Waals surface area contributed by atoms with Crippen LogP contribution in [0.25, 0.3) is 0 Å². The first kappa shape index (κ1) is 18.9. The second-order valence-electron chi connectivity index (χ2n) is 8.10. The molecule has 0 unspecified atom stereocenters. The van der Waals surface area contributed by atoms with Gasteiger partial charge in [0.15, 0.2) is 0 Å². The van der Waals surface area contributed by atoms with Gasteiger partial charge in [0.1, 0.15) is 11.6 Å². The molecule has 0 spiro atoms. The Bertz CT molecular complexity index is 783. The highest BCUT2D eigenvalue weighted by atomic mass is 16.2. The third kappa shape index (κ3) is 4.34. The number of carbonyl (C=O) groups is 1. The van der Waals surface area contributed by atoms with Gasteiger partial charge in [-0.25, -0.2) is 4.79 Å². The molecule has 7 nitrogen and oxygen atoms in total. The van der Waals surface area contributed by atoms with Crippen molar-refractivity contribution in [3.05, 3.63) is 41.7 Å². The fourth-order valence-corrected chi connectivity index (χ4v) is 4.44. The summed E-state index contributed by atoms with van der Waals surface area (Å²) in [5, 5.41) is 12.0. The Morgan fingerprint density at radius 2 is 2.07 bits per heavy atom. The zero-order valence-electron chi connectivity index (χ0n) is 16.7. The summed E-state index contributed by atoms with van der Waals surface area (Å²) in [5.74, 6) is 2.53. The SMILES string of the molecule is C[C@@H](NC(=O)N1CCc2nnc(Cc3cccnc3)n2CC1)C1CCCCC1. The van der Waals surface area contributed by atoms with Gasteiger partial charge in [-0.05, 0) is 37.3 Å². The van der Waals surface area contributed by atoms with Crippen molar-refractivity contribution < 1.29 is 4.79 Å². The molecule has 1 fully saturated rings. The van der Waals surface area contributed by atoms with Gasteiger partial charge in [0, 0.05) is 50.9 Å². The maximum absolute atomic E-state index is 12.8. The summed E-state index contributed by atoms with van der Waals surface area (Å²) in [6, 6.07) is 4.30. The summed E-state index contributed by atoms with van der Waals surface area (Å²) in [5.41, 5.74) is 1.12. The van der Waals surface area contributed by atoms with Crippen LogP contribution in [-0.4, -0.2) is 49.8 Å². The van der Waals surface area contributed by atoms with Crippen molar-refractivity contribution in [2.24, 2.45) is 5.92 Å². The van der Waals surface area contributed by atoms with E-state index in [1.165, 1.54) is 32.1 Å². The lowest BCUT2D eigenvalue weighted by atomic mass is 9.84. The van der Waals surface area contributed by atoms with Crippen molar-refractivity contribution in [3.8, 4) is 0 Å². The summed E-state index contributed by atoms with van der Waals surface area (Å²) in [4.78, 5) is 18.9. The topological polar surface area (TPSA) is 75.9 Å². The molecule has 1 atom stereocenters. The van der Waals surface area contributed by atoms with Crippen LogP contribution in [0.4, 0.5) is 4.79 Å². The molecule has 3 heterocycles. The fraction of sp³-hybridized carbons (Fsp3) is 0.619. The monoisotopic (exact) mass is 382 g/mol. The van der Waals surface area contributed by atoms with Crippen molar-refractivity contribution in [3.63, 3.8) is 0 Å². The highest BCUT2D eigenvalue weighted by molar-refractivity contribution is 5.74. The molecule has 1 N–H and O–H groups in total. The molecule has 150 valence electrons. The van der Waals surface area contributed by atoms with E-state index in [-0.39, 0.29) is 12.1 Å². The molecule has 1 saturated carbocycles. The molecule has 2 aromatic heterocycles. The Hall–Kier alpha value is -2.44. The number of amides is 2. The van der Waals surface area contributed by atoms with E-state index in [0.29, 0.717) is 25.4 Å². The predicted molar refractivity (Wildman–Crippen MR) is 107 cm³/mol. The molecule has 0 bridgehead atoms. The molecule has 4 rings (SSSR count). The molecule has 0 radical (unpaired) electrons. The van der Waals surface area contributed by atoms with Gasteiger partial charge in [-0.3, -0.25) is 4.98 Å². The summed E-state index contributed by atoms with van der Waals surface area (Å²) in [6.07, 6.45) is 11.5. The van der Waals surface area contributed by atoms with Crippen LogP contribution in [0.1, 0.15) is 56.2 Å². The third-order valence-electron chi connectivity index (χ3n) is 6.18. The van der Waals surface area contributed by atoms with E-state index in [0.717, 1.165) is 30.2 Å². The smallest absolute Gasteiger partial charge is 0.317 e. The molecule has 0 aromatic carbocycles. The molecule has 28 heavy (non-hydrogen) atoms. The van der Waals surface area contributed by atoms with Gasteiger partial charge in [-0.1, -0.05) is 25.3 Å². The Labute approximate surface area is 166 Å². The molecule has 7 heteroatoms. The number of fused-ring (bicyclic) bond motifs is 1. The summed E-state index contributed by atoms with van der Waals surface area (Å²) in [6.45, 7) is 4.28. The number of pyridine rings is 1. The van der Waals surface area contributed by atoms with E-state index in [4.69, 9.17) is 0 Å².